The Morgan fingerprint density at radius 1 is 0.708 bits per heavy atom. The minimum atomic E-state index is -0.362. The van der Waals surface area contributed by atoms with Crippen molar-refractivity contribution in [3.8, 4) is 5.75 Å². The van der Waals surface area contributed by atoms with Gasteiger partial charge in [-0.2, -0.15) is 0 Å². The smallest absolute Gasteiger partial charge is 0.127 e. The van der Waals surface area contributed by atoms with Gasteiger partial charge in [0, 0.05) is 6.07 Å². The predicted octanol–water partition coefficient (Wildman–Crippen LogP) is 5.71. The number of ether oxygens (including phenoxy) is 1. The Morgan fingerprint density at radius 3 is 2.17 bits per heavy atom. The molecule has 0 saturated heterocycles. The molecule has 120 valence electrons. The van der Waals surface area contributed by atoms with Gasteiger partial charge in [0.25, 0.3) is 0 Å². The average Bonchev–Trinajstić information content (AvgIpc) is 2.60. The van der Waals surface area contributed by atoms with Crippen molar-refractivity contribution >= 4 is 12.2 Å². The SMILES string of the molecule is Fc1ccc(/C=C/c2cc(F)cc(OCc3ccccc3)c2)cc1. The maximum Gasteiger partial charge on any atom is 0.127 e. The van der Waals surface area contributed by atoms with E-state index in [1.165, 1.54) is 24.3 Å². The molecule has 0 saturated carbocycles. The first kappa shape index (κ1) is 15.9. The Hall–Kier alpha value is -2.94. The molecule has 0 aliphatic rings. The highest BCUT2D eigenvalue weighted by Gasteiger charge is 2.01. The third-order valence-corrected chi connectivity index (χ3v) is 3.48. The summed E-state index contributed by atoms with van der Waals surface area (Å²) in [5.41, 5.74) is 2.54. The molecule has 0 N–H and O–H groups in total. The molecule has 3 rings (SSSR count). The first-order chi connectivity index (χ1) is 11.7. The lowest BCUT2D eigenvalue weighted by Crippen LogP contribution is -1.95. The summed E-state index contributed by atoms with van der Waals surface area (Å²) in [5.74, 6) is -0.175. The molecular formula is C21H16F2O. The summed E-state index contributed by atoms with van der Waals surface area (Å²) in [6.07, 6.45) is 3.57. The van der Waals surface area contributed by atoms with E-state index in [0.29, 0.717) is 17.9 Å². The summed E-state index contributed by atoms with van der Waals surface area (Å²) in [4.78, 5) is 0. The monoisotopic (exact) mass is 322 g/mol. The quantitative estimate of drug-likeness (QED) is 0.546. The van der Waals surface area contributed by atoms with Crippen molar-refractivity contribution in [3.05, 3.63) is 101 Å². The number of benzene rings is 3. The topological polar surface area (TPSA) is 9.23 Å². The standard InChI is InChI=1S/C21H16F2O/c22-19-10-8-16(9-11-19)6-7-18-12-20(23)14-21(13-18)24-15-17-4-2-1-3-5-17/h1-14H,15H2/b7-6+. The molecule has 0 bridgehead atoms. The van der Waals surface area contributed by atoms with E-state index in [0.717, 1.165) is 11.1 Å². The summed E-state index contributed by atoms with van der Waals surface area (Å²) < 4.78 is 32.3. The van der Waals surface area contributed by atoms with Crippen LogP contribution in [0.15, 0.2) is 72.8 Å². The minimum Gasteiger partial charge on any atom is -0.489 e. The largest absolute Gasteiger partial charge is 0.489 e. The van der Waals surface area contributed by atoms with Crippen molar-refractivity contribution < 1.29 is 13.5 Å². The Balaban J connectivity index is 1.72. The normalized spacial score (nSPS) is 10.9. The molecule has 0 unspecified atom stereocenters. The molecule has 0 spiro atoms. The molecule has 24 heavy (non-hydrogen) atoms. The second-order valence-electron chi connectivity index (χ2n) is 5.38. The Labute approximate surface area is 139 Å². The van der Waals surface area contributed by atoms with Crippen LogP contribution < -0.4 is 4.74 Å². The van der Waals surface area contributed by atoms with E-state index in [1.807, 2.05) is 30.3 Å². The van der Waals surface area contributed by atoms with Gasteiger partial charge in [-0.05, 0) is 41.0 Å². The highest BCUT2D eigenvalue weighted by Crippen LogP contribution is 2.20. The van der Waals surface area contributed by atoms with E-state index in [-0.39, 0.29) is 11.6 Å². The lowest BCUT2D eigenvalue weighted by Gasteiger charge is -2.07. The van der Waals surface area contributed by atoms with Crippen molar-refractivity contribution in [2.75, 3.05) is 0 Å². The molecule has 3 aromatic carbocycles. The first-order valence-electron chi connectivity index (χ1n) is 7.60. The highest BCUT2D eigenvalue weighted by molar-refractivity contribution is 5.70. The molecule has 0 heterocycles. The fraction of sp³-hybridized carbons (Fsp3) is 0.0476. The molecule has 0 aliphatic carbocycles. The van der Waals surface area contributed by atoms with Crippen molar-refractivity contribution in [2.45, 2.75) is 6.61 Å². The highest BCUT2D eigenvalue weighted by atomic mass is 19.1. The Morgan fingerprint density at radius 2 is 1.42 bits per heavy atom. The second kappa shape index (κ2) is 7.55. The molecular weight excluding hydrogens is 306 g/mol. The minimum absolute atomic E-state index is 0.283. The van der Waals surface area contributed by atoms with Gasteiger partial charge >= 0.3 is 0 Å². The number of hydrogen-bond acceptors (Lipinski definition) is 1. The van der Waals surface area contributed by atoms with Crippen LogP contribution >= 0.6 is 0 Å². The van der Waals surface area contributed by atoms with Crippen LogP contribution in [0.1, 0.15) is 16.7 Å². The van der Waals surface area contributed by atoms with Gasteiger partial charge in [-0.1, -0.05) is 54.6 Å². The van der Waals surface area contributed by atoms with Crippen LogP contribution in [0, 0.1) is 11.6 Å². The zero-order valence-corrected chi connectivity index (χ0v) is 13.0. The lowest BCUT2D eigenvalue weighted by atomic mass is 10.1. The fourth-order valence-electron chi connectivity index (χ4n) is 2.27. The molecule has 0 fully saturated rings. The van der Waals surface area contributed by atoms with Gasteiger partial charge in [-0.3, -0.25) is 0 Å². The molecule has 3 aromatic rings. The van der Waals surface area contributed by atoms with E-state index < -0.39 is 0 Å². The number of rotatable bonds is 5. The maximum absolute atomic E-state index is 13.8. The third kappa shape index (κ3) is 4.53. The second-order valence-corrected chi connectivity index (χ2v) is 5.38. The molecule has 3 heteroatoms. The fourth-order valence-corrected chi connectivity index (χ4v) is 2.27. The number of halogens is 2. The lowest BCUT2D eigenvalue weighted by molar-refractivity contribution is 0.304. The van der Waals surface area contributed by atoms with E-state index in [2.05, 4.69) is 0 Å². The van der Waals surface area contributed by atoms with Gasteiger partial charge in [0.1, 0.15) is 24.0 Å². The Bertz CT molecular complexity index is 824. The first-order valence-corrected chi connectivity index (χ1v) is 7.60. The molecule has 1 nitrogen and oxygen atoms in total. The molecule has 0 amide bonds. The zero-order valence-electron chi connectivity index (χ0n) is 13.0. The Kier molecular flexibility index (Phi) is 5.02. The van der Waals surface area contributed by atoms with Crippen LogP contribution in [0.5, 0.6) is 5.75 Å². The van der Waals surface area contributed by atoms with E-state index >= 15 is 0 Å². The zero-order chi connectivity index (χ0) is 16.8. The summed E-state index contributed by atoms with van der Waals surface area (Å²) in [6.45, 7) is 0.380. The number of hydrogen-bond donors (Lipinski definition) is 0. The molecule has 0 atom stereocenters. The van der Waals surface area contributed by atoms with Gasteiger partial charge in [-0.25, -0.2) is 8.78 Å². The van der Waals surface area contributed by atoms with Gasteiger partial charge in [0.15, 0.2) is 0 Å². The van der Waals surface area contributed by atoms with Gasteiger partial charge in [0.2, 0.25) is 0 Å². The van der Waals surface area contributed by atoms with Gasteiger partial charge < -0.3 is 4.74 Å². The van der Waals surface area contributed by atoms with Gasteiger partial charge in [-0.15, -0.1) is 0 Å². The van der Waals surface area contributed by atoms with Crippen LogP contribution in [0.3, 0.4) is 0 Å². The molecule has 0 radical (unpaired) electrons. The predicted molar refractivity (Wildman–Crippen MR) is 92.5 cm³/mol. The molecule has 0 aliphatic heterocycles. The maximum atomic E-state index is 13.8. The van der Waals surface area contributed by atoms with Crippen molar-refractivity contribution in [3.63, 3.8) is 0 Å². The summed E-state index contributed by atoms with van der Waals surface area (Å²) >= 11 is 0. The summed E-state index contributed by atoms with van der Waals surface area (Å²) in [5, 5.41) is 0. The van der Waals surface area contributed by atoms with Crippen LogP contribution in [-0.4, -0.2) is 0 Å². The van der Waals surface area contributed by atoms with E-state index in [9.17, 15) is 8.78 Å². The summed E-state index contributed by atoms with van der Waals surface area (Å²) in [7, 11) is 0. The molecule has 0 aromatic heterocycles. The third-order valence-electron chi connectivity index (χ3n) is 3.48. The van der Waals surface area contributed by atoms with Crippen LogP contribution in [0.2, 0.25) is 0 Å². The van der Waals surface area contributed by atoms with E-state index in [1.54, 1.807) is 30.4 Å². The van der Waals surface area contributed by atoms with Crippen LogP contribution in [0.25, 0.3) is 12.2 Å². The van der Waals surface area contributed by atoms with E-state index in [4.69, 9.17) is 4.74 Å². The van der Waals surface area contributed by atoms with Crippen molar-refractivity contribution in [1.29, 1.82) is 0 Å². The van der Waals surface area contributed by atoms with Crippen molar-refractivity contribution in [1.82, 2.24) is 0 Å². The summed E-state index contributed by atoms with van der Waals surface area (Å²) in [6, 6.07) is 20.4. The van der Waals surface area contributed by atoms with Gasteiger partial charge in [0.05, 0.1) is 0 Å². The van der Waals surface area contributed by atoms with Crippen molar-refractivity contribution in [2.24, 2.45) is 0 Å². The average molecular weight is 322 g/mol. The van der Waals surface area contributed by atoms with Crippen LogP contribution in [0.4, 0.5) is 8.78 Å². The van der Waals surface area contributed by atoms with Crippen LogP contribution in [-0.2, 0) is 6.61 Å².